The fourth-order valence-corrected chi connectivity index (χ4v) is 9.52. The average Bonchev–Trinajstić information content (AvgIpc) is 3.33. The highest BCUT2D eigenvalue weighted by Crippen LogP contribution is 2.71. The zero-order valence-electron chi connectivity index (χ0n) is 21.4. The Kier molecular flexibility index (Phi) is 5.41. The molecule has 0 aromatic carbocycles. The summed E-state index contributed by atoms with van der Waals surface area (Å²) < 4.78 is 1.99. The summed E-state index contributed by atoms with van der Waals surface area (Å²) in [5.74, 6) is 2.77. The van der Waals surface area contributed by atoms with Crippen molar-refractivity contribution in [3.63, 3.8) is 0 Å². The monoisotopic (exact) mass is 449 g/mol. The second kappa shape index (κ2) is 7.70. The van der Waals surface area contributed by atoms with E-state index in [1.54, 1.807) is 11.8 Å². The molecule has 3 fully saturated rings. The number of hydrogen-bond acceptors (Lipinski definition) is 3. The van der Waals surface area contributed by atoms with Crippen molar-refractivity contribution in [1.82, 2.24) is 9.78 Å². The number of aromatic nitrogens is 2. The Labute approximate surface area is 200 Å². The quantitative estimate of drug-likeness (QED) is 0.536. The maximum Gasteiger partial charge on any atom is 0.102 e. The van der Waals surface area contributed by atoms with Crippen molar-refractivity contribution >= 4 is 0 Å². The number of fused-ring (bicyclic) bond motifs is 5. The van der Waals surface area contributed by atoms with E-state index in [1.165, 1.54) is 32.1 Å². The lowest BCUT2D eigenvalue weighted by atomic mass is 9.42. The van der Waals surface area contributed by atoms with Crippen LogP contribution in [-0.2, 0) is 6.54 Å². The van der Waals surface area contributed by atoms with Crippen LogP contribution in [0.3, 0.4) is 0 Å². The van der Waals surface area contributed by atoms with Crippen molar-refractivity contribution in [2.24, 2.45) is 39.9 Å². The second-order valence-electron chi connectivity index (χ2n) is 13.2. The summed E-state index contributed by atoms with van der Waals surface area (Å²) >= 11 is 0. The molecule has 0 spiro atoms. The van der Waals surface area contributed by atoms with Crippen molar-refractivity contribution in [2.75, 3.05) is 0 Å². The molecule has 1 N–H and O–H groups in total. The van der Waals surface area contributed by atoms with Gasteiger partial charge in [-0.1, -0.05) is 39.3 Å². The normalized spacial score (nSPS) is 45.7. The molecule has 1 heterocycles. The van der Waals surface area contributed by atoms with Crippen LogP contribution in [0.1, 0.15) is 98.0 Å². The number of allylic oxidation sites excluding steroid dienone is 2. The second-order valence-corrected chi connectivity index (χ2v) is 13.2. The van der Waals surface area contributed by atoms with Gasteiger partial charge in [0.15, 0.2) is 0 Å². The van der Waals surface area contributed by atoms with Gasteiger partial charge >= 0.3 is 0 Å². The van der Waals surface area contributed by atoms with Gasteiger partial charge in [0, 0.05) is 12.7 Å². The van der Waals surface area contributed by atoms with E-state index in [0.29, 0.717) is 28.2 Å². The van der Waals surface area contributed by atoms with Crippen molar-refractivity contribution in [1.29, 1.82) is 5.26 Å². The van der Waals surface area contributed by atoms with E-state index in [4.69, 9.17) is 5.26 Å². The molecule has 0 amide bonds. The van der Waals surface area contributed by atoms with Crippen LogP contribution in [0, 0.1) is 51.2 Å². The number of nitriles is 1. The Hall–Kier alpha value is -1.60. The van der Waals surface area contributed by atoms with Crippen LogP contribution in [0.2, 0.25) is 0 Å². The third kappa shape index (κ3) is 3.53. The molecule has 180 valence electrons. The smallest absolute Gasteiger partial charge is 0.102 e. The molecule has 4 nitrogen and oxygen atoms in total. The molecular weight excluding hydrogens is 406 g/mol. The van der Waals surface area contributed by atoms with E-state index >= 15 is 0 Å². The van der Waals surface area contributed by atoms with Gasteiger partial charge in [0.05, 0.1) is 17.4 Å². The van der Waals surface area contributed by atoms with Gasteiger partial charge in [-0.05, 0) is 105 Å². The number of hydrogen-bond donors (Lipinski definition) is 1. The number of nitrogens with zero attached hydrogens (tertiary/aromatic N) is 3. The summed E-state index contributed by atoms with van der Waals surface area (Å²) in [6, 6.07) is 2.21. The van der Waals surface area contributed by atoms with Crippen LogP contribution >= 0.6 is 0 Å². The van der Waals surface area contributed by atoms with Gasteiger partial charge in [-0.2, -0.15) is 10.4 Å². The molecule has 0 saturated heterocycles. The molecule has 2 unspecified atom stereocenters. The third-order valence-electron chi connectivity index (χ3n) is 11.3. The van der Waals surface area contributed by atoms with Crippen molar-refractivity contribution in [3.8, 4) is 6.07 Å². The van der Waals surface area contributed by atoms with Gasteiger partial charge in [0.1, 0.15) is 6.07 Å². The molecule has 33 heavy (non-hydrogen) atoms. The molecule has 5 rings (SSSR count). The molecule has 4 aliphatic rings. The molecule has 4 aliphatic carbocycles. The van der Waals surface area contributed by atoms with E-state index < -0.39 is 5.60 Å². The first-order valence-corrected chi connectivity index (χ1v) is 13.4. The molecule has 0 radical (unpaired) electrons. The van der Waals surface area contributed by atoms with E-state index in [2.05, 4.69) is 44.9 Å². The fourth-order valence-electron chi connectivity index (χ4n) is 9.52. The van der Waals surface area contributed by atoms with Crippen LogP contribution in [0.25, 0.3) is 0 Å². The Morgan fingerprint density at radius 1 is 1.09 bits per heavy atom. The lowest BCUT2D eigenvalue weighted by Gasteiger charge is -2.62. The topological polar surface area (TPSA) is 61.8 Å². The van der Waals surface area contributed by atoms with Gasteiger partial charge in [-0.15, -0.1) is 0 Å². The summed E-state index contributed by atoms with van der Waals surface area (Å²) in [5, 5.41) is 24.5. The van der Waals surface area contributed by atoms with Crippen molar-refractivity contribution < 1.29 is 5.11 Å². The van der Waals surface area contributed by atoms with E-state index in [0.717, 1.165) is 44.1 Å². The van der Waals surface area contributed by atoms with Crippen LogP contribution in [0.4, 0.5) is 0 Å². The minimum absolute atomic E-state index is 0.251. The van der Waals surface area contributed by atoms with Crippen molar-refractivity contribution in [3.05, 3.63) is 29.6 Å². The Balaban J connectivity index is 1.40. The summed E-state index contributed by atoms with van der Waals surface area (Å²) in [4.78, 5) is 0. The minimum atomic E-state index is -0.507. The Bertz CT molecular complexity index is 985. The van der Waals surface area contributed by atoms with E-state index in [-0.39, 0.29) is 5.41 Å². The lowest BCUT2D eigenvalue weighted by Crippen LogP contribution is -2.55. The van der Waals surface area contributed by atoms with Crippen LogP contribution in [-0.4, -0.2) is 20.5 Å². The zero-order chi connectivity index (χ0) is 23.6. The van der Waals surface area contributed by atoms with Gasteiger partial charge < -0.3 is 5.11 Å². The van der Waals surface area contributed by atoms with Gasteiger partial charge in [-0.3, -0.25) is 4.68 Å². The van der Waals surface area contributed by atoms with Crippen LogP contribution < -0.4 is 0 Å². The maximum absolute atomic E-state index is 10.8. The third-order valence-corrected chi connectivity index (χ3v) is 11.3. The summed E-state index contributed by atoms with van der Waals surface area (Å²) in [6.45, 7) is 13.1. The summed E-state index contributed by atoms with van der Waals surface area (Å²) in [6.07, 6.45) is 16.8. The minimum Gasteiger partial charge on any atom is -0.390 e. The molecular formula is C29H43N3O. The van der Waals surface area contributed by atoms with E-state index in [9.17, 15) is 5.11 Å². The van der Waals surface area contributed by atoms with Gasteiger partial charge in [0.2, 0.25) is 0 Å². The molecule has 3 saturated carbocycles. The Morgan fingerprint density at radius 3 is 2.61 bits per heavy atom. The first-order chi connectivity index (χ1) is 15.5. The average molecular weight is 450 g/mol. The number of rotatable bonds is 3. The highest BCUT2D eigenvalue weighted by molar-refractivity contribution is 5.27. The summed E-state index contributed by atoms with van der Waals surface area (Å²) in [7, 11) is 0. The standard InChI is InChI=1S/C29H43N3O/c1-20(18-32-19-21(16-30)17-31-32)23-6-7-24-28(23,4)13-10-25-27(3)15-14-26(2,33)11-8-22(27)9-12-29(24,25)5/h9,17,19-20,23-25,33H,6-8,10-15,18H2,1-5H3/t20-,23+,24?,25?,26-,27-,28+,29-/m0/s1. The summed E-state index contributed by atoms with van der Waals surface area (Å²) in [5.41, 5.74) is 2.80. The molecule has 0 aliphatic heterocycles. The fraction of sp³-hybridized carbons (Fsp3) is 0.793. The van der Waals surface area contributed by atoms with E-state index in [1.807, 2.05) is 17.8 Å². The molecule has 1 aromatic heterocycles. The molecule has 8 atom stereocenters. The maximum atomic E-state index is 10.8. The highest BCUT2D eigenvalue weighted by atomic mass is 16.3. The predicted octanol–water partition coefficient (Wildman–Crippen LogP) is 6.50. The first-order valence-electron chi connectivity index (χ1n) is 13.4. The molecule has 0 bridgehead atoms. The molecule has 1 aromatic rings. The SMILES string of the molecule is C[C@@H](Cn1cc(C#N)cn1)[C@H]1CCC2[C@]3(C)CC=C4CC[C@](C)(O)CC[C@]4(C)C3CC[C@@]21C. The predicted molar refractivity (Wildman–Crippen MR) is 131 cm³/mol. The van der Waals surface area contributed by atoms with Gasteiger partial charge in [-0.25, -0.2) is 0 Å². The van der Waals surface area contributed by atoms with Crippen LogP contribution in [0.15, 0.2) is 24.0 Å². The van der Waals surface area contributed by atoms with Crippen LogP contribution in [0.5, 0.6) is 0 Å². The highest BCUT2D eigenvalue weighted by Gasteiger charge is 2.63. The zero-order valence-corrected chi connectivity index (χ0v) is 21.4. The lowest BCUT2D eigenvalue weighted by molar-refractivity contribution is -0.108. The largest absolute Gasteiger partial charge is 0.390 e. The van der Waals surface area contributed by atoms with Crippen molar-refractivity contribution in [2.45, 2.75) is 105 Å². The Morgan fingerprint density at radius 2 is 1.88 bits per heavy atom. The number of aliphatic hydroxyl groups is 1. The first kappa shape index (κ1) is 23.2. The molecule has 4 heteroatoms. The van der Waals surface area contributed by atoms with Gasteiger partial charge in [0.25, 0.3) is 0 Å².